The average Bonchev–Trinajstić information content (AvgIpc) is 2.87. The molecule has 2 saturated carbocycles. The summed E-state index contributed by atoms with van der Waals surface area (Å²) in [5.41, 5.74) is 0. The molecule has 0 aromatic carbocycles. The Morgan fingerprint density at radius 1 is 1.31 bits per heavy atom. The third-order valence-electron chi connectivity index (χ3n) is 4.84. The summed E-state index contributed by atoms with van der Waals surface area (Å²) in [4.78, 5) is 2.57. The summed E-state index contributed by atoms with van der Waals surface area (Å²) >= 11 is 4.44. The standard InChI is InChI=1S/C14H27NS/c1-3-11(10-16)8-15(2)9-14-7-12-4-5-13(14)6-12/h11-14,16H,3-10H2,1-2H3. The highest BCUT2D eigenvalue weighted by Gasteiger charge is 2.39. The highest BCUT2D eigenvalue weighted by Crippen LogP contribution is 2.48. The molecule has 0 aromatic rings. The summed E-state index contributed by atoms with van der Waals surface area (Å²) in [6.07, 6.45) is 7.38. The van der Waals surface area contributed by atoms with Crippen molar-refractivity contribution < 1.29 is 0 Å². The van der Waals surface area contributed by atoms with Gasteiger partial charge in [0.25, 0.3) is 0 Å². The third kappa shape index (κ3) is 2.95. The number of nitrogens with zero attached hydrogens (tertiary/aromatic N) is 1. The fourth-order valence-electron chi connectivity index (χ4n) is 3.83. The molecule has 0 aliphatic heterocycles. The Hall–Kier alpha value is 0.310. The smallest absolute Gasteiger partial charge is 0.00144 e. The number of fused-ring (bicyclic) bond motifs is 2. The molecule has 2 heteroatoms. The lowest BCUT2D eigenvalue weighted by molar-refractivity contribution is 0.201. The maximum atomic E-state index is 4.44. The predicted octanol–water partition coefficient (Wildman–Crippen LogP) is 3.31. The van der Waals surface area contributed by atoms with Gasteiger partial charge in [0.2, 0.25) is 0 Å². The molecule has 0 aromatic heterocycles. The van der Waals surface area contributed by atoms with Crippen LogP contribution in [0.25, 0.3) is 0 Å². The first-order valence-electron chi connectivity index (χ1n) is 7.02. The second-order valence-electron chi connectivity index (χ2n) is 6.11. The van der Waals surface area contributed by atoms with Crippen molar-refractivity contribution in [3.8, 4) is 0 Å². The summed E-state index contributed by atoms with van der Waals surface area (Å²) in [6, 6.07) is 0. The van der Waals surface area contributed by atoms with E-state index < -0.39 is 0 Å². The number of thiol groups is 1. The van der Waals surface area contributed by atoms with Crippen LogP contribution in [0.5, 0.6) is 0 Å². The molecule has 4 atom stereocenters. The first kappa shape index (κ1) is 12.8. The maximum Gasteiger partial charge on any atom is 0.00144 e. The van der Waals surface area contributed by atoms with Crippen LogP contribution in [-0.2, 0) is 0 Å². The molecule has 0 saturated heterocycles. The Kier molecular flexibility index (Phi) is 4.60. The van der Waals surface area contributed by atoms with Crippen molar-refractivity contribution in [2.24, 2.45) is 23.7 Å². The molecule has 0 spiro atoms. The normalized spacial score (nSPS) is 34.9. The van der Waals surface area contributed by atoms with E-state index >= 15 is 0 Å². The first-order chi connectivity index (χ1) is 7.72. The highest BCUT2D eigenvalue weighted by molar-refractivity contribution is 7.80. The highest BCUT2D eigenvalue weighted by atomic mass is 32.1. The molecule has 0 N–H and O–H groups in total. The molecule has 0 heterocycles. The van der Waals surface area contributed by atoms with Gasteiger partial charge < -0.3 is 4.90 Å². The van der Waals surface area contributed by atoms with Crippen LogP contribution in [0.3, 0.4) is 0 Å². The van der Waals surface area contributed by atoms with Crippen molar-refractivity contribution in [3.05, 3.63) is 0 Å². The minimum Gasteiger partial charge on any atom is -0.306 e. The van der Waals surface area contributed by atoms with E-state index in [9.17, 15) is 0 Å². The first-order valence-corrected chi connectivity index (χ1v) is 7.65. The number of hydrogen-bond acceptors (Lipinski definition) is 2. The van der Waals surface area contributed by atoms with Crippen LogP contribution in [0.4, 0.5) is 0 Å². The fourth-order valence-corrected chi connectivity index (χ4v) is 4.21. The zero-order chi connectivity index (χ0) is 11.5. The second-order valence-corrected chi connectivity index (χ2v) is 6.48. The minimum atomic E-state index is 0.784. The van der Waals surface area contributed by atoms with E-state index in [4.69, 9.17) is 0 Å². The molecule has 2 rings (SSSR count). The Morgan fingerprint density at radius 3 is 2.62 bits per heavy atom. The van der Waals surface area contributed by atoms with Crippen LogP contribution in [0.2, 0.25) is 0 Å². The third-order valence-corrected chi connectivity index (χ3v) is 5.35. The van der Waals surface area contributed by atoms with Crippen molar-refractivity contribution in [1.82, 2.24) is 4.90 Å². The van der Waals surface area contributed by atoms with Crippen LogP contribution in [0.15, 0.2) is 0 Å². The Balaban J connectivity index is 1.72. The van der Waals surface area contributed by atoms with Gasteiger partial charge in [-0.1, -0.05) is 19.8 Å². The zero-order valence-electron chi connectivity index (χ0n) is 10.9. The topological polar surface area (TPSA) is 3.24 Å². The minimum absolute atomic E-state index is 0.784. The van der Waals surface area contributed by atoms with E-state index in [1.54, 1.807) is 6.42 Å². The Morgan fingerprint density at radius 2 is 2.12 bits per heavy atom. The van der Waals surface area contributed by atoms with Gasteiger partial charge in [-0.2, -0.15) is 12.6 Å². The summed E-state index contributed by atoms with van der Waals surface area (Å²) in [6.45, 7) is 4.87. The van der Waals surface area contributed by atoms with Crippen LogP contribution in [0.1, 0.15) is 39.0 Å². The van der Waals surface area contributed by atoms with Gasteiger partial charge >= 0.3 is 0 Å². The molecule has 2 fully saturated rings. The Bertz CT molecular complexity index is 215. The van der Waals surface area contributed by atoms with Crippen LogP contribution in [-0.4, -0.2) is 30.8 Å². The van der Waals surface area contributed by atoms with Crippen LogP contribution < -0.4 is 0 Å². The molecule has 0 amide bonds. The van der Waals surface area contributed by atoms with Gasteiger partial charge in [-0.3, -0.25) is 0 Å². The Labute approximate surface area is 106 Å². The van der Waals surface area contributed by atoms with E-state index in [2.05, 4.69) is 31.5 Å². The van der Waals surface area contributed by atoms with E-state index in [1.807, 2.05) is 0 Å². The fraction of sp³-hybridized carbons (Fsp3) is 1.00. The van der Waals surface area contributed by atoms with Gasteiger partial charge in [0, 0.05) is 13.1 Å². The van der Waals surface area contributed by atoms with Gasteiger partial charge in [-0.25, -0.2) is 0 Å². The average molecular weight is 241 g/mol. The maximum absolute atomic E-state index is 4.44. The van der Waals surface area contributed by atoms with E-state index in [-0.39, 0.29) is 0 Å². The van der Waals surface area contributed by atoms with Crippen LogP contribution in [0, 0.1) is 23.7 Å². The number of rotatable bonds is 6. The van der Waals surface area contributed by atoms with Crippen LogP contribution >= 0.6 is 12.6 Å². The van der Waals surface area contributed by atoms with Gasteiger partial charge in [-0.05, 0) is 55.7 Å². The lowest BCUT2D eigenvalue weighted by Crippen LogP contribution is -2.33. The van der Waals surface area contributed by atoms with Crippen molar-refractivity contribution in [2.45, 2.75) is 39.0 Å². The van der Waals surface area contributed by atoms with Crippen molar-refractivity contribution in [1.29, 1.82) is 0 Å². The molecule has 4 unspecified atom stereocenters. The van der Waals surface area contributed by atoms with Gasteiger partial charge in [-0.15, -0.1) is 0 Å². The van der Waals surface area contributed by atoms with Gasteiger partial charge in [0.15, 0.2) is 0 Å². The molecule has 2 aliphatic rings. The lowest BCUT2D eigenvalue weighted by Gasteiger charge is -2.29. The molecule has 2 bridgehead atoms. The molecular formula is C14H27NS. The van der Waals surface area contributed by atoms with Gasteiger partial charge in [0.05, 0.1) is 0 Å². The summed E-state index contributed by atoms with van der Waals surface area (Å²) < 4.78 is 0. The zero-order valence-corrected chi connectivity index (χ0v) is 11.8. The van der Waals surface area contributed by atoms with E-state index in [0.717, 1.165) is 29.4 Å². The summed E-state index contributed by atoms with van der Waals surface area (Å²) in [7, 11) is 2.30. The molecule has 1 nitrogen and oxygen atoms in total. The lowest BCUT2D eigenvalue weighted by atomic mass is 9.88. The number of hydrogen-bond donors (Lipinski definition) is 1. The summed E-state index contributed by atoms with van der Waals surface area (Å²) in [5.74, 6) is 5.00. The van der Waals surface area contributed by atoms with E-state index in [0.29, 0.717) is 0 Å². The van der Waals surface area contributed by atoms with Crippen molar-refractivity contribution in [3.63, 3.8) is 0 Å². The predicted molar refractivity (Wildman–Crippen MR) is 74.1 cm³/mol. The molecule has 2 aliphatic carbocycles. The van der Waals surface area contributed by atoms with Gasteiger partial charge in [0.1, 0.15) is 0 Å². The summed E-state index contributed by atoms with van der Waals surface area (Å²) in [5, 5.41) is 0. The van der Waals surface area contributed by atoms with E-state index in [1.165, 1.54) is 38.8 Å². The molecule has 94 valence electrons. The molecule has 16 heavy (non-hydrogen) atoms. The molecular weight excluding hydrogens is 214 g/mol. The largest absolute Gasteiger partial charge is 0.306 e. The monoisotopic (exact) mass is 241 g/mol. The van der Waals surface area contributed by atoms with Crippen molar-refractivity contribution in [2.75, 3.05) is 25.9 Å². The molecule has 0 radical (unpaired) electrons. The van der Waals surface area contributed by atoms with Crippen molar-refractivity contribution >= 4 is 12.6 Å². The SMILES string of the molecule is CCC(CS)CN(C)CC1CC2CCC1C2. The quantitative estimate of drug-likeness (QED) is 0.698. The second kappa shape index (κ2) is 5.77.